The van der Waals surface area contributed by atoms with E-state index in [1.54, 1.807) is 6.07 Å². The van der Waals surface area contributed by atoms with Crippen LogP contribution in [0, 0.1) is 0 Å². The molecule has 0 aliphatic heterocycles. The van der Waals surface area contributed by atoms with E-state index in [0.717, 1.165) is 18.1 Å². The van der Waals surface area contributed by atoms with Gasteiger partial charge in [-0.05, 0) is 48.9 Å². The topological polar surface area (TPSA) is 75.7 Å². The van der Waals surface area contributed by atoms with E-state index >= 15 is 0 Å². The fourth-order valence-corrected chi connectivity index (χ4v) is 2.78. The van der Waals surface area contributed by atoms with E-state index in [9.17, 15) is 23.4 Å². The average Bonchev–Trinajstić information content (AvgIpc) is 2.70. The monoisotopic (exact) mass is 397 g/mol. The van der Waals surface area contributed by atoms with Crippen molar-refractivity contribution in [2.75, 3.05) is 19.8 Å². The normalized spacial score (nSPS) is 12.2. The highest BCUT2D eigenvalue weighted by Gasteiger charge is 2.35. The van der Waals surface area contributed by atoms with Gasteiger partial charge >= 0.3 is 6.18 Å². The maximum Gasteiger partial charge on any atom is 0.419 e. The molecule has 0 aromatic heterocycles. The molecule has 7 heteroatoms. The highest BCUT2D eigenvalue weighted by Crippen LogP contribution is 2.37. The Morgan fingerprint density at radius 2 is 1.57 bits per heavy atom. The van der Waals surface area contributed by atoms with Gasteiger partial charge in [-0.15, -0.1) is 0 Å². The molecule has 0 radical (unpaired) electrons. The molecule has 2 rings (SSSR count). The molecule has 0 bridgehead atoms. The second-order valence-corrected chi connectivity index (χ2v) is 6.94. The average molecular weight is 397 g/mol. The number of hydrogen-bond donors (Lipinski definition) is 3. The standard InChI is InChI=1S/C21H26F3NO3/c22-21(23,24)18-13-17(10-11-20(25,14-26)15-27)8-9-19(18)28-12-4-7-16-5-2-1-3-6-16/h1-3,5-6,8-9,13,26-27H,4,7,10-12,14-15,25H2. The van der Waals surface area contributed by atoms with Gasteiger partial charge in [0.05, 0.1) is 30.9 Å². The van der Waals surface area contributed by atoms with Gasteiger partial charge in [0, 0.05) is 0 Å². The summed E-state index contributed by atoms with van der Waals surface area (Å²) >= 11 is 0. The van der Waals surface area contributed by atoms with Crippen molar-refractivity contribution < 1.29 is 28.1 Å². The van der Waals surface area contributed by atoms with E-state index in [1.807, 2.05) is 30.3 Å². The number of aryl methyl sites for hydroxylation is 2. The highest BCUT2D eigenvalue weighted by molar-refractivity contribution is 5.39. The Kier molecular flexibility index (Phi) is 7.86. The molecule has 0 aliphatic rings. The van der Waals surface area contributed by atoms with Crippen molar-refractivity contribution >= 4 is 0 Å². The number of aliphatic hydroxyl groups excluding tert-OH is 2. The molecular formula is C21H26F3NO3. The minimum Gasteiger partial charge on any atom is -0.493 e. The van der Waals surface area contributed by atoms with E-state index in [0.29, 0.717) is 12.0 Å². The van der Waals surface area contributed by atoms with Crippen molar-refractivity contribution in [3.8, 4) is 5.75 Å². The molecule has 28 heavy (non-hydrogen) atoms. The van der Waals surface area contributed by atoms with Gasteiger partial charge in [-0.2, -0.15) is 13.2 Å². The summed E-state index contributed by atoms with van der Waals surface area (Å²) in [5.41, 5.74) is 5.25. The van der Waals surface area contributed by atoms with Crippen LogP contribution in [-0.2, 0) is 19.0 Å². The van der Waals surface area contributed by atoms with Crippen LogP contribution in [0.4, 0.5) is 13.2 Å². The minimum absolute atomic E-state index is 0.161. The second-order valence-electron chi connectivity index (χ2n) is 6.94. The number of halogens is 3. The van der Waals surface area contributed by atoms with Crippen LogP contribution in [0.5, 0.6) is 5.75 Å². The number of alkyl halides is 3. The van der Waals surface area contributed by atoms with Gasteiger partial charge in [-0.25, -0.2) is 0 Å². The van der Waals surface area contributed by atoms with Gasteiger partial charge in [0.2, 0.25) is 0 Å². The Morgan fingerprint density at radius 1 is 0.893 bits per heavy atom. The number of ether oxygens (including phenoxy) is 1. The summed E-state index contributed by atoms with van der Waals surface area (Å²) in [6.07, 6.45) is -2.85. The van der Waals surface area contributed by atoms with Crippen LogP contribution in [0.3, 0.4) is 0 Å². The number of nitrogens with two attached hydrogens (primary N) is 1. The largest absolute Gasteiger partial charge is 0.493 e. The van der Waals surface area contributed by atoms with Gasteiger partial charge in [0.1, 0.15) is 5.75 Å². The van der Waals surface area contributed by atoms with Crippen molar-refractivity contribution in [3.63, 3.8) is 0 Å². The molecule has 2 aromatic carbocycles. The summed E-state index contributed by atoms with van der Waals surface area (Å²) in [5.74, 6) is -0.201. The van der Waals surface area contributed by atoms with Gasteiger partial charge in [-0.3, -0.25) is 0 Å². The van der Waals surface area contributed by atoms with Crippen LogP contribution >= 0.6 is 0 Å². The van der Waals surface area contributed by atoms with Crippen LogP contribution in [0.1, 0.15) is 29.5 Å². The van der Waals surface area contributed by atoms with Crippen LogP contribution in [0.15, 0.2) is 48.5 Å². The Balaban J connectivity index is 2.01. The quantitative estimate of drug-likeness (QED) is 0.538. The first-order valence-corrected chi connectivity index (χ1v) is 9.15. The Bertz CT molecular complexity index is 731. The lowest BCUT2D eigenvalue weighted by Crippen LogP contribution is -2.47. The molecule has 0 saturated carbocycles. The van der Waals surface area contributed by atoms with Gasteiger partial charge in [-0.1, -0.05) is 36.4 Å². The van der Waals surface area contributed by atoms with Gasteiger partial charge < -0.3 is 20.7 Å². The predicted octanol–water partition coefficient (Wildman–Crippen LogP) is 3.33. The molecule has 0 amide bonds. The summed E-state index contributed by atoms with van der Waals surface area (Å²) in [4.78, 5) is 0. The smallest absolute Gasteiger partial charge is 0.419 e. The zero-order valence-electron chi connectivity index (χ0n) is 15.6. The van der Waals surface area contributed by atoms with Gasteiger partial charge in [0.25, 0.3) is 0 Å². The van der Waals surface area contributed by atoms with Crippen LogP contribution in [0.25, 0.3) is 0 Å². The third-order valence-electron chi connectivity index (χ3n) is 4.60. The Hall–Kier alpha value is -2.09. The molecule has 0 atom stereocenters. The number of aliphatic hydroxyl groups is 2. The first-order valence-electron chi connectivity index (χ1n) is 9.15. The molecule has 2 aromatic rings. The van der Waals surface area contributed by atoms with Crippen LogP contribution in [0.2, 0.25) is 0 Å². The second kappa shape index (κ2) is 9.91. The van der Waals surface area contributed by atoms with Crippen LogP contribution < -0.4 is 10.5 Å². The van der Waals surface area contributed by atoms with E-state index < -0.39 is 30.5 Å². The lowest BCUT2D eigenvalue weighted by molar-refractivity contribution is -0.139. The molecule has 0 heterocycles. The first kappa shape index (κ1) is 22.2. The van der Waals surface area contributed by atoms with Gasteiger partial charge in [0.15, 0.2) is 0 Å². The predicted molar refractivity (Wildman–Crippen MR) is 101 cm³/mol. The van der Waals surface area contributed by atoms with Crippen LogP contribution in [-0.4, -0.2) is 35.6 Å². The lowest BCUT2D eigenvalue weighted by Gasteiger charge is -2.24. The number of hydrogen-bond acceptors (Lipinski definition) is 4. The summed E-state index contributed by atoms with van der Waals surface area (Å²) in [6, 6.07) is 13.6. The number of benzene rings is 2. The molecule has 0 aliphatic carbocycles. The summed E-state index contributed by atoms with van der Waals surface area (Å²) < 4.78 is 45.7. The van der Waals surface area contributed by atoms with E-state index in [2.05, 4.69) is 0 Å². The Morgan fingerprint density at radius 3 is 2.18 bits per heavy atom. The molecule has 0 spiro atoms. The summed E-state index contributed by atoms with van der Waals surface area (Å²) in [5, 5.41) is 18.4. The van der Waals surface area contributed by atoms with E-state index in [-0.39, 0.29) is 25.2 Å². The van der Waals surface area contributed by atoms with E-state index in [1.165, 1.54) is 6.07 Å². The summed E-state index contributed by atoms with van der Waals surface area (Å²) in [7, 11) is 0. The third kappa shape index (κ3) is 6.51. The molecule has 0 saturated heterocycles. The zero-order valence-corrected chi connectivity index (χ0v) is 15.6. The SMILES string of the molecule is NC(CO)(CO)CCc1ccc(OCCCc2ccccc2)c(C(F)(F)F)c1. The maximum absolute atomic E-state index is 13.4. The summed E-state index contributed by atoms with van der Waals surface area (Å²) in [6.45, 7) is -0.714. The van der Waals surface area contributed by atoms with Crippen molar-refractivity contribution in [3.05, 3.63) is 65.2 Å². The Labute approximate surface area is 162 Å². The molecule has 0 fully saturated rings. The van der Waals surface area contributed by atoms with Crippen molar-refractivity contribution in [1.29, 1.82) is 0 Å². The van der Waals surface area contributed by atoms with Crippen molar-refractivity contribution in [1.82, 2.24) is 0 Å². The van der Waals surface area contributed by atoms with Crippen molar-refractivity contribution in [2.24, 2.45) is 5.73 Å². The fraction of sp³-hybridized carbons (Fsp3) is 0.429. The minimum atomic E-state index is -4.54. The lowest BCUT2D eigenvalue weighted by atomic mass is 9.93. The molecule has 0 unspecified atom stereocenters. The zero-order chi connectivity index (χ0) is 20.6. The highest BCUT2D eigenvalue weighted by atomic mass is 19.4. The molecular weight excluding hydrogens is 371 g/mol. The molecule has 4 N–H and O–H groups in total. The third-order valence-corrected chi connectivity index (χ3v) is 4.60. The molecule has 154 valence electrons. The number of rotatable bonds is 10. The fourth-order valence-electron chi connectivity index (χ4n) is 2.78. The molecule has 4 nitrogen and oxygen atoms in total. The van der Waals surface area contributed by atoms with E-state index in [4.69, 9.17) is 10.5 Å². The van der Waals surface area contributed by atoms with Crippen molar-refractivity contribution in [2.45, 2.75) is 37.4 Å². The first-order chi connectivity index (χ1) is 13.3. The maximum atomic E-state index is 13.4.